The third kappa shape index (κ3) is 5.40. The Bertz CT molecular complexity index is 866. The van der Waals surface area contributed by atoms with Crippen LogP contribution in [0.5, 0.6) is 0 Å². The van der Waals surface area contributed by atoms with Crippen LogP contribution in [0.25, 0.3) is 0 Å². The van der Waals surface area contributed by atoms with Crippen LogP contribution in [0.15, 0.2) is 53.1 Å². The molecule has 27 heavy (non-hydrogen) atoms. The Kier molecular flexibility index (Phi) is 6.59. The number of thiazole rings is 1. The second kappa shape index (κ2) is 9.32. The normalized spacial score (nSPS) is 11.8. The van der Waals surface area contributed by atoms with Gasteiger partial charge < -0.3 is 10.6 Å². The summed E-state index contributed by atoms with van der Waals surface area (Å²) < 4.78 is 1.93. The molecule has 0 unspecified atom stereocenters. The Morgan fingerprint density at radius 1 is 1.15 bits per heavy atom. The fourth-order valence-electron chi connectivity index (χ4n) is 2.70. The summed E-state index contributed by atoms with van der Waals surface area (Å²) in [6, 6.07) is 10.3. The summed E-state index contributed by atoms with van der Waals surface area (Å²) in [5.41, 5.74) is 3.52. The number of benzene rings is 1. The van der Waals surface area contributed by atoms with Gasteiger partial charge in [0.05, 0.1) is 23.8 Å². The smallest absolute Gasteiger partial charge is 0.191 e. The lowest BCUT2D eigenvalue weighted by Gasteiger charge is -2.14. The molecule has 2 N–H and O–H groups in total. The van der Waals surface area contributed by atoms with Gasteiger partial charge in [0.2, 0.25) is 0 Å². The van der Waals surface area contributed by atoms with Crippen molar-refractivity contribution in [3.05, 3.63) is 69.9 Å². The van der Waals surface area contributed by atoms with Gasteiger partial charge in [-0.1, -0.05) is 38.1 Å². The van der Waals surface area contributed by atoms with E-state index in [0.29, 0.717) is 19.0 Å². The van der Waals surface area contributed by atoms with Crippen molar-refractivity contribution in [2.45, 2.75) is 39.4 Å². The molecule has 0 saturated carbocycles. The molecule has 142 valence electrons. The summed E-state index contributed by atoms with van der Waals surface area (Å²) in [6.07, 6.45) is 3.78. The molecule has 7 heteroatoms. The zero-order valence-electron chi connectivity index (χ0n) is 16.0. The van der Waals surface area contributed by atoms with Gasteiger partial charge in [0, 0.05) is 37.3 Å². The summed E-state index contributed by atoms with van der Waals surface area (Å²) in [7, 11) is 1.78. The molecule has 0 bridgehead atoms. The number of hydrogen-bond acceptors (Lipinski definition) is 4. The average molecular weight is 383 g/mol. The molecule has 0 aliphatic heterocycles. The van der Waals surface area contributed by atoms with E-state index in [1.165, 1.54) is 16.1 Å². The Balaban J connectivity index is 1.56. The van der Waals surface area contributed by atoms with Gasteiger partial charge in [-0.2, -0.15) is 5.10 Å². The first-order chi connectivity index (χ1) is 13.2. The van der Waals surface area contributed by atoms with Crippen LogP contribution < -0.4 is 10.6 Å². The zero-order valence-corrected chi connectivity index (χ0v) is 16.8. The van der Waals surface area contributed by atoms with Gasteiger partial charge in [0.15, 0.2) is 5.96 Å². The van der Waals surface area contributed by atoms with Crippen LogP contribution in [-0.4, -0.2) is 27.8 Å². The van der Waals surface area contributed by atoms with Crippen molar-refractivity contribution in [1.82, 2.24) is 25.4 Å². The third-order valence-corrected chi connectivity index (χ3v) is 5.37. The fraction of sp³-hybridized carbons (Fsp3) is 0.350. The summed E-state index contributed by atoms with van der Waals surface area (Å²) in [5, 5.41) is 14.3. The number of nitrogens with one attached hydrogen (secondary N) is 2. The molecule has 3 rings (SSSR count). The Hall–Kier alpha value is -2.67. The van der Waals surface area contributed by atoms with Crippen LogP contribution in [-0.2, 0) is 19.6 Å². The molecule has 2 aromatic heterocycles. The maximum Gasteiger partial charge on any atom is 0.191 e. The highest BCUT2D eigenvalue weighted by Gasteiger charge is 2.07. The molecule has 0 atom stereocenters. The first-order valence-electron chi connectivity index (χ1n) is 9.08. The Labute approximate surface area is 164 Å². The quantitative estimate of drug-likeness (QED) is 0.486. The van der Waals surface area contributed by atoms with Gasteiger partial charge in [-0.15, -0.1) is 11.3 Å². The highest BCUT2D eigenvalue weighted by Crippen LogP contribution is 2.18. The van der Waals surface area contributed by atoms with E-state index in [9.17, 15) is 0 Å². The van der Waals surface area contributed by atoms with Crippen LogP contribution in [0.2, 0.25) is 0 Å². The maximum absolute atomic E-state index is 4.65. The minimum atomic E-state index is 0.465. The monoisotopic (exact) mass is 382 g/mol. The lowest BCUT2D eigenvalue weighted by atomic mass is 10.1. The van der Waals surface area contributed by atoms with Crippen LogP contribution >= 0.6 is 11.3 Å². The highest BCUT2D eigenvalue weighted by molar-refractivity contribution is 7.09. The molecule has 0 aliphatic rings. The number of aliphatic imine (C=N–C) groups is 1. The zero-order chi connectivity index (χ0) is 19.1. The number of aromatic nitrogens is 3. The molecular weight excluding hydrogens is 356 g/mol. The molecule has 0 aliphatic carbocycles. The standard InChI is InChI=1S/C20H26N6S/c1-15(2)19-25-18(14-27-19)12-23-20(21-3)22-11-16-7-4-5-8-17(16)13-26-10-6-9-24-26/h4-10,14-15H,11-13H2,1-3H3,(H2,21,22,23). The van der Waals surface area contributed by atoms with E-state index in [0.717, 1.165) is 18.2 Å². The molecule has 2 heterocycles. The number of nitrogens with zero attached hydrogens (tertiary/aromatic N) is 4. The van der Waals surface area contributed by atoms with Gasteiger partial charge in [-0.25, -0.2) is 4.98 Å². The van der Waals surface area contributed by atoms with Gasteiger partial charge in [-0.05, 0) is 17.2 Å². The Morgan fingerprint density at radius 3 is 2.59 bits per heavy atom. The molecule has 0 fully saturated rings. The lowest BCUT2D eigenvalue weighted by molar-refractivity contribution is 0.677. The van der Waals surface area contributed by atoms with Gasteiger partial charge in [0.1, 0.15) is 0 Å². The van der Waals surface area contributed by atoms with Crippen molar-refractivity contribution in [1.29, 1.82) is 0 Å². The number of rotatable bonds is 7. The summed E-state index contributed by atoms with van der Waals surface area (Å²) in [5.74, 6) is 1.23. The predicted octanol–water partition coefficient (Wildman–Crippen LogP) is 3.38. The van der Waals surface area contributed by atoms with Gasteiger partial charge in [0.25, 0.3) is 0 Å². The van der Waals surface area contributed by atoms with Crippen LogP contribution in [0, 0.1) is 0 Å². The van der Waals surface area contributed by atoms with Crippen molar-refractivity contribution >= 4 is 17.3 Å². The number of guanidine groups is 1. The maximum atomic E-state index is 4.65. The van der Waals surface area contributed by atoms with E-state index in [1.807, 2.05) is 16.9 Å². The molecule has 0 radical (unpaired) electrons. The van der Waals surface area contributed by atoms with Crippen molar-refractivity contribution in [3.63, 3.8) is 0 Å². The van der Waals surface area contributed by atoms with E-state index >= 15 is 0 Å². The summed E-state index contributed by atoms with van der Waals surface area (Å²) in [4.78, 5) is 8.97. The van der Waals surface area contributed by atoms with E-state index < -0.39 is 0 Å². The third-order valence-electron chi connectivity index (χ3n) is 4.18. The summed E-state index contributed by atoms with van der Waals surface area (Å²) >= 11 is 1.71. The van der Waals surface area contributed by atoms with E-state index in [2.05, 4.69) is 69.2 Å². The van der Waals surface area contributed by atoms with Gasteiger partial charge >= 0.3 is 0 Å². The average Bonchev–Trinajstić information content (AvgIpc) is 3.35. The SMILES string of the molecule is CN=C(NCc1csc(C(C)C)n1)NCc1ccccc1Cn1cccn1. The largest absolute Gasteiger partial charge is 0.352 e. The molecule has 0 saturated heterocycles. The molecular formula is C20H26N6S. The predicted molar refractivity (Wildman–Crippen MR) is 111 cm³/mol. The summed E-state index contributed by atoms with van der Waals surface area (Å²) in [6.45, 7) is 6.45. The number of hydrogen-bond donors (Lipinski definition) is 2. The van der Waals surface area contributed by atoms with E-state index in [4.69, 9.17) is 0 Å². The molecule has 3 aromatic rings. The van der Waals surface area contributed by atoms with Crippen molar-refractivity contribution in [2.24, 2.45) is 4.99 Å². The van der Waals surface area contributed by atoms with Crippen molar-refractivity contribution in [2.75, 3.05) is 7.05 Å². The van der Waals surface area contributed by atoms with Crippen LogP contribution in [0.4, 0.5) is 0 Å². The van der Waals surface area contributed by atoms with Crippen molar-refractivity contribution < 1.29 is 0 Å². The lowest BCUT2D eigenvalue weighted by Crippen LogP contribution is -2.36. The van der Waals surface area contributed by atoms with E-state index in [-0.39, 0.29) is 0 Å². The topological polar surface area (TPSA) is 67.1 Å². The van der Waals surface area contributed by atoms with E-state index in [1.54, 1.807) is 24.6 Å². The first kappa shape index (κ1) is 19.1. The second-order valence-electron chi connectivity index (χ2n) is 6.58. The molecule has 0 spiro atoms. The minimum Gasteiger partial charge on any atom is -0.352 e. The minimum absolute atomic E-state index is 0.465. The van der Waals surface area contributed by atoms with Crippen LogP contribution in [0.3, 0.4) is 0 Å². The van der Waals surface area contributed by atoms with Crippen molar-refractivity contribution in [3.8, 4) is 0 Å². The fourth-order valence-corrected chi connectivity index (χ4v) is 3.53. The highest BCUT2D eigenvalue weighted by atomic mass is 32.1. The second-order valence-corrected chi connectivity index (χ2v) is 7.47. The first-order valence-corrected chi connectivity index (χ1v) is 9.96. The van der Waals surface area contributed by atoms with Gasteiger partial charge in [-0.3, -0.25) is 9.67 Å². The molecule has 6 nitrogen and oxygen atoms in total. The Morgan fingerprint density at radius 2 is 1.93 bits per heavy atom. The molecule has 1 aromatic carbocycles. The van der Waals surface area contributed by atoms with Crippen LogP contribution in [0.1, 0.15) is 41.6 Å². The molecule has 0 amide bonds.